The Bertz CT molecular complexity index is 523. The average molecular weight is 289 g/mol. The number of anilines is 2. The second-order valence-electron chi connectivity index (χ2n) is 4.52. The monoisotopic (exact) mass is 289 g/mol. The number of thiophene rings is 1. The third-order valence-electron chi connectivity index (χ3n) is 2.81. The summed E-state index contributed by atoms with van der Waals surface area (Å²) in [6.07, 6.45) is 4.45. The highest BCUT2D eigenvalue weighted by Gasteiger charge is 2.05. The fraction of sp³-hybridized carbons (Fsp3) is 0.333. The third kappa shape index (κ3) is 4.66. The van der Waals surface area contributed by atoms with E-state index in [4.69, 9.17) is 0 Å². The molecule has 2 heterocycles. The lowest BCUT2D eigenvalue weighted by Crippen LogP contribution is -2.14. The quantitative estimate of drug-likeness (QED) is 0.767. The number of hydrogen-bond acceptors (Lipinski definition) is 4. The molecule has 20 heavy (non-hydrogen) atoms. The Morgan fingerprint density at radius 3 is 2.90 bits per heavy atom. The summed E-state index contributed by atoms with van der Waals surface area (Å²) in [6.45, 7) is 3.11. The summed E-state index contributed by atoms with van der Waals surface area (Å²) >= 11 is 1.58. The van der Waals surface area contributed by atoms with Gasteiger partial charge < -0.3 is 10.6 Å². The molecule has 0 radical (unpaired) electrons. The zero-order valence-electron chi connectivity index (χ0n) is 11.6. The van der Waals surface area contributed by atoms with Crippen LogP contribution in [0, 0.1) is 0 Å². The molecule has 2 N–H and O–H groups in total. The Balaban J connectivity index is 1.82. The Morgan fingerprint density at radius 1 is 1.35 bits per heavy atom. The average Bonchev–Trinajstić information content (AvgIpc) is 2.94. The summed E-state index contributed by atoms with van der Waals surface area (Å²) < 4.78 is 0. The van der Waals surface area contributed by atoms with E-state index < -0.39 is 0 Å². The number of rotatable bonds is 7. The van der Waals surface area contributed by atoms with E-state index in [0.717, 1.165) is 30.0 Å². The van der Waals surface area contributed by atoms with E-state index in [2.05, 4.69) is 22.5 Å². The third-order valence-corrected chi connectivity index (χ3v) is 3.68. The first-order valence-corrected chi connectivity index (χ1v) is 7.68. The molecule has 0 saturated carbocycles. The first kappa shape index (κ1) is 14.5. The predicted molar refractivity (Wildman–Crippen MR) is 84.3 cm³/mol. The van der Waals surface area contributed by atoms with Crippen LogP contribution in [0.4, 0.5) is 11.5 Å². The van der Waals surface area contributed by atoms with Gasteiger partial charge in [-0.15, -0.1) is 11.3 Å². The van der Waals surface area contributed by atoms with Crippen molar-refractivity contribution in [2.24, 2.45) is 0 Å². The Morgan fingerprint density at radius 2 is 2.25 bits per heavy atom. The van der Waals surface area contributed by atoms with E-state index in [1.165, 1.54) is 0 Å². The first-order valence-electron chi connectivity index (χ1n) is 6.80. The second-order valence-corrected chi connectivity index (χ2v) is 5.55. The van der Waals surface area contributed by atoms with Gasteiger partial charge in [0.1, 0.15) is 5.82 Å². The number of carbonyl (C=O) groups is 1. The van der Waals surface area contributed by atoms with Gasteiger partial charge >= 0.3 is 0 Å². The molecule has 0 fully saturated rings. The maximum Gasteiger partial charge on any atom is 0.230 e. The summed E-state index contributed by atoms with van der Waals surface area (Å²) in [7, 11) is 0. The number of hydrogen-bond donors (Lipinski definition) is 2. The van der Waals surface area contributed by atoms with Crippen molar-refractivity contribution in [1.29, 1.82) is 0 Å². The highest BCUT2D eigenvalue weighted by atomic mass is 32.1. The molecular weight excluding hydrogens is 270 g/mol. The van der Waals surface area contributed by atoms with Crippen LogP contribution in [0.25, 0.3) is 0 Å². The number of nitrogens with one attached hydrogen (secondary N) is 2. The highest BCUT2D eigenvalue weighted by Crippen LogP contribution is 2.12. The summed E-state index contributed by atoms with van der Waals surface area (Å²) in [5.41, 5.74) is 0.981. The van der Waals surface area contributed by atoms with E-state index in [9.17, 15) is 4.79 Å². The summed E-state index contributed by atoms with van der Waals surface area (Å²) in [5, 5.41) is 8.06. The van der Waals surface area contributed by atoms with Gasteiger partial charge in [0.25, 0.3) is 0 Å². The number of pyridine rings is 1. The van der Waals surface area contributed by atoms with E-state index >= 15 is 0 Å². The maximum atomic E-state index is 11.8. The first-order chi connectivity index (χ1) is 9.78. The normalized spacial score (nSPS) is 10.2. The van der Waals surface area contributed by atoms with Gasteiger partial charge in [0.15, 0.2) is 0 Å². The molecule has 106 valence electrons. The van der Waals surface area contributed by atoms with Crippen LogP contribution in [-0.4, -0.2) is 17.4 Å². The molecule has 1 amide bonds. The van der Waals surface area contributed by atoms with E-state index in [0.29, 0.717) is 12.2 Å². The van der Waals surface area contributed by atoms with Crippen molar-refractivity contribution >= 4 is 28.7 Å². The van der Waals surface area contributed by atoms with Crippen molar-refractivity contribution < 1.29 is 4.79 Å². The van der Waals surface area contributed by atoms with E-state index in [1.54, 1.807) is 17.5 Å². The SMILES string of the molecule is CCCCNc1ccc(NC(=O)Cc2cccs2)nc1. The molecule has 0 spiro atoms. The maximum absolute atomic E-state index is 11.8. The molecule has 4 nitrogen and oxygen atoms in total. The lowest BCUT2D eigenvalue weighted by molar-refractivity contribution is -0.115. The smallest absolute Gasteiger partial charge is 0.230 e. The van der Waals surface area contributed by atoms with Crippen LogP contribution in [0.3, 0.4) is 0 Å². The molecule has 0 atom stereocenters. The van der Waals surface area contributed by atoms with Crippen molar-refractivity contribution in [3.8, 4) is 0 Å². The summed E-state index contributed by atoms with van der Waals surface area (Å²) in [4.78, 5) is 17.1. The van der Waals surface area contributed by atoms with Crippen LogP contribution < -0.4 is 10.6 Å². The van der Waals surface area contributed by atoms with Crippen LogP contribution in [0.5, 0.6) is 0 Å². The lowest BCUT2D eigenvalue weighted by Gasteiger charge is -2.07. The molecule has 0 bridgehead atoms. The zero-order valence-corrected chi connectivity index (χ0v) is 12.4. The Hall–Kier alpha value is -1.88. The van der Waals surface area contributed by atoms with Crippen molar-refractivity contribution in [3.63, 3.8) is 0 Å². The van der Waals surface area contributed by atoms with Crippen molar-refractivity contribution in [1.82, 2.24) is 4.98 Å². The number of aromatic nitrogens is 1. The minimum atomic E-state index is -0.0355. The highest BCUT2D eigenvalue weighted by molar-refractivity contribution is 7.10. The van der Waals surface area contributed by atoms with Gasteiger partial charge in [-0.3, -0.25) is 4.79 Å². The molecule has 2 rings (SSSR count). The molecule has 0 unspecified atom stereocenters. The van der Waals surface area contributed by atoms with Crippen molar-refractivity contribution in [3.05, 3.63) is 40.7 Å². The lowest BCUT2D eigenvalue weighted by atomic mass is 10.3. The van der Waals surface area contributed by atoms with E-state index in [1.807, 2.05) is 29.6 Å². The second kappa shape index (κ2) is 7.65. The molecule has 0 aliphatic carbocycles. The molecule has 0 aliphatic rings. The van der Waals surface area contributed by atoms with Gasteiger partial charge in [-0.1, -0.05) is 19.4 Å². The van der Waals surface area contributed by atoms with Gasteiger partial charge in [0.05, 0.1) is 18.3 Å². The largest absolute Gasteiger partial charge is 0.384 e. The number of unbranched alkanes of at least 4 members (excludes halogenated alkanes) is 1. The molecule has 5 heteroatoms. The minimum Gasteiger partial charge on any atom is -0.384 e. The zero-order chi connectivity index (χ0) is 14.2. The van der Waals surface area contributed by atoms with Gasteiger partial charge in [0, 0.05) is 11.4 Å². The molecule has 2 aromatic heterocycles. The molecule has 0 aliphatic heterocycles. The van der Waals surface area contributed by atoms with Gasteiger partial charge in [-0.25, -0.2) is 4.98 Å². The molecule has 0 aromatic carbocycles. The van der Waals surface area contributed by atoms with Gasteiger partial charge in [-0.2, -0.15) is 0 Å². The minimum absolute atomic E-state index is 0.0355. The molecule has 2 aromatic rings. The summed E-state index contributed by atoms with van der Waals surface area (Å²) in [5.74, 6) is 0.555. The number of nitrogens with zero attached hydrogens (tertiary/aromatic N) is 1. The molecular formula is C15H19N3OS. The van der Waals surface area contributed by atoms with Crippen LogP contribution in [0.2, 0.25) is 0 Å². The molecule has 0 saturated heterocycles. The summed E-state index contributed by atoms with van der Waals surface area (Å²) in [6, 6.07) is 7.66. The van der Waals surface area contributed by atoms with E-state index in [-0.39, 0.29) is 5.91 Å². The Labute approximate surface area is 123 Å². The van der Waals surface area contributed by atoms with Crippen LogP contribution in [-0.2, 0) is 11.2 Å². The van der Waals surface area contributed by atoms with Crippen molar-refractivity contribution in [2.45, 2.75) is 26.2 Å². The standard InChI is InChI=1S/C15H19N3OS/c1-2-3-8-16-12-6-7-14(17-11-12)18-15(19)10-13-5-4-9-20-13/h4-7,9,11,16H,2-3,8,10H2,1H3,(H,17,18,19). The van der Waals surface area contributed by atoms with Crippen LogP contribution >= 0.6 is 11.3 Å². The van der Waals surface area contributed by atoms with Crippen LogP contribution in [0.15, 0.2) is 35.8 Å². The topological polar surface area (TPSA) is 54.0 Å². The van der Waals surface area contributed by atoms with Gasteiger partial charge in [0.2, 0.25) is 5.91 Å². The van der Waals surface area contributed by atoms with Gasteiger partial charge in [-0.05, 0) is 30.0 Å². The predicted octanol–water partition coefficient (Wildman–Crippen LogP) is 3.54. The van der Waals surface area contributed by atoms with Crippen LogP contribution in [0.1, 0.15) is 24.6 Å². The van der Waals surface area contributed by atoms with Crippen molar-refractivity contribution in [2.75, 3.05) is 17.2 Å². The number of carbonyl (C=O) groups excluding carboxylic acids is 1. The number of amides is 1. The fourth-order valence-corrected chi connectivity index (χ4v) is 2.44. The Kier molecular flexibility index (Phi) is 5.55. The fourth-order valence-electron chi connectivity index (χ4n) is 1.74.